The molecule has 6 heteroatoms. The van der Waals surface area contributed by atoms with E-state index in [1.807, 2.05) is 50.4 Å². The van der Waals surface area contributed by atoms with E-state index in [0.29, 0.717) is 24.3 Å². The number of rotatable bonds is 7. The molecule has 2 aromatic carbocycles. The van der Waals surface area contributed by atoms with E-state index in [0.717, 1.165) is 11.3 Å². The largest absolute Gasteiger partial charge is 0.339 e. The first kappa shape index (κ1) is 20.1. The number of amides is 2. The molecule has 0 unspecified atom stereocenters. The van der Waals surface area contributed by atoms with Gasteiger partial charge in [0.05, 0.1) is 11.9 Å². The Bertz CT molecular complexity index is 987. The molecule has 0 aliphatic heterocycles. The van der Waals surface area contributed by atoms with Crippen molar-refractivity contribution in [2.45, 2.75) is 13.8 Å². The second-order valence-corrected chi connectivity index (χ2v) is 6.43. The molecule has 6 nitrogen and oxygen atoms in total. The molecule has 0 saturated heterocycles. The number of carbonyl (C=O) groups is 2. The van der Waals surface area contributed by atoms with Crippen molar-refractivity contribution < 1.29 is 9.59 Å². The molecule has 0 radical (unpaired) electrons. The van der Waals surface area contributed by atoms with Gasteiger partial charge in [-0.15, -0.1) is 0 Å². The summed E-state index contributed by atoms with van der Waals surface area (Å²) in [6, 6.07) is 16.7. The minimum absolute atomic E-state index is 0.0109. The van der Waals surface area contributed by atoms with E-state index in [9.17, 15) is 9.59 Å². The van der Waals surface area contributed by atoms with E-state index in [2.05, 4.69) is 10.4 Å². The van der Waals surface area contributed by atoms with Crippen molar-refractivity contribution >= 4 is 23.6 Å². The maximum absolute atomic E-state index is 12.3. The van der Waals surface area contributed by atoms with Gasteiger partial charge in [0.25, 0.3) is 5.91 Å². The van der Waals surface area contributed by atoms with Crippen molar-refractivity contribution in [3.63, 3.8) is 0 Å². The maximum atomic E-state index is 12.3. The van der Waals surface area contributed by atoms with Crippen LogP contribution in [0.25, 0.3) is 11.8 Å². The van der Waals surface area contributed by atoms with Crippen molar-refractivity contribution in [1.82, 2.24) is 14.7 Å². The van der Waals surface area contributed by atoms with E-state index < -0.39 is 0 Å². The highest BCUT2D eigenvalue weighted by Crippen LogP contribution is 2.13. The average molecular weight is 388 g/mol. The van der Waals surface area contributed by atoms with Crippen molar-refractivity contribution in [1.29, 1.82) is 0 Å². The summed E-state index contributed by atoms with van der Waals surface area (Å²) >= 11 is 0. The standard InChI is InChI=1S/C23H24N4O2/c1-3-26(4-2)23(29)19-11-13-20(14-12-19)25-22(28)15-10-18-16-24-27(17-18)21-8-6-5-7-9-21/h5-17H,3-4H2,1-2H3,(H,25,28). The summed E-state index contributed by atoms with van der Waals surface area (Å²) in [5.74, 6) is -0.261. The van der Waals surface area contributed by atoms with Crippen LogP contribution in [-0.4, -0.2) is 39.6 Å². The van der Waals surface area contributed by atoms with Gasteiger partial charge < -0.3 is 10.2 Å². The number of aromatic nitrogens is 2. The number of benzene rings is 2. The molecular formula is C23H24N4O2. The van der Waals surface area contributed by atoms with Gasteiger partial charge in [-0.25, -0.2) is 4.68 Å². The van der Waals surface area contributed by atoms with Gasteiger partial charge in [0.1, 0.15) is 0 Å². The molecule has 0 bridgehead atoms. The lowest BCUT2D eigenvalue weighted by atomic mass is 10.1. The van der Waals surface area contributed by atoms with E-state index >= 15 is 0 Å². The van der Waals surface area contributed by atoms with Gasteiger partial charge in [0.15, 0.2) is 0 Å². The quantitative estimate of drug-likeness (QED) is 0.622. The van der Waals surface area contributed by atoms with Gasteiger partial charge in [-0.2, -0.15) is 5.10 Å². The number of anilines is 1. The predicted molar refractivity (Wildman–Crippen MR) is 115 cm³/mol. The first-order valence-corrected chi connectivity index (χ1v) is 9.59. The number of nitrogens with zero attached hydrogens (tertiary/aromatic N) is 3. The molecule has 3 aromatic rings. The Morgan fingerprint density at radius 2 is 1.72 bits per heavy atom. The SMILES string of the molecule is CCN(CC)C(=O)c1ccc(NC(=O)C=Cc2cnn(-c3ccccc3)c2)cc1. The summed E-state index contributed by atoms with van der Waals surface area (Å²) in [5, 5.41) is 7.10. The van der Waals surface area contributed by atoms with Gasteiger partial charge in [-0.05, 0) is 56.3 Å². The molecule has 0 saturated carbocycles. The van der Waals surface area contributed by atoms with Crippen LogP contribution in [0, 0.1) is 0 Å². The minimum Gasteiger partial charge on any atom is -0.339 e. The topological polar surface area (TPSA) is 67.2 Å². The van der Waals surface area contributed by atoms with Crippen LogP contribution < -0.4 is 5.32 Å². The third-order valence-corrected chi connectivity index (χ3v) is 4.50. The van der Waals surface area contributed by atoms with Crippen LogP contribution in [0.3, 0.4) is 0 Å². The number of para-hydroxylation sites is 1. The van der Waals surface area contributed by atoms with Gasteiger partial charge >= 0.3 is 0 Å². The van der Waals surface area contributed by atoms with Crippen LogP contribution in [0.1, 0.15) is 29.8 Å². The molecule has 2 amide bonds. The van der Waals surface area contributed by atoms with Gasteiger partial charge in [0, 0.05) is 42.2 Å². The summed E-state index contributed by atoms with van der Waals surface area (Å²) in [4.78, 5) is 26.3. The summed E-state index contributed by atoms with van der Waals surface area (Å²) in [7, 11) is 0. The van der Waals surface area contributed by atoms with E-state index in [4.69, 9.17) is 0 Å². The first-order valence-electron chi connectivity index (χ1n) is 9.59. The molecule has 148 valence electrons. The molecule has 0 fully saturated rings. The number of nitrogens with one attached hydrogen (secondary N) is 1. The minimum atomic E-state index is -0.250. The van der Waals surface area contributed by atoms with Crippen LogP contribution in [0.15, 0.2) is 73.1 Å². The van der Waals surface area contributed by atoms with Gasteiger partial charge in [-0.1, -0.05) is 18.2 Å². The predicted octanol–water partition coefficient (Wildman–Crippen LogP) is 4.01. The first-order chi connectivity index (χ1) is 14.1. The molecule has 1 aromatic heterocycles. The zero-order valence-electron chi connectivity index (χ0n) is 16.6. The molecule has 1 heterocycles. The van der Waals surface area contributed by atoms with Crippen LogP contribution in [0.4, 0.5) is 5.69 Å². The lowest BCUT2D eigenvalue weighted by Gasteiger charge is -2.18. The highest BCUT2D eigenvalue weighted by molar-refractivity contribution is 6.02. The zero-order valence-corrected chi connectivity index (χ0v) is 16.6. The molecular weight excluding hydrogens is 364 g/mol. The van der Waals surface area contributed by atoms with Crippen LogP contribution in [0.5, 0.6) is 0 Å². The Morgan fingerprint density at radius 3 is 2.38 bits per heavy atom. The summed E-state index contributed by atoms with van der Waals surface area (Å²) in [6.07, 6.45) is 6.72. The summed E-state index contributed by atoms with van der Waals surface area (Å²) < 4.78 is 1.75. The average Bonchev–Trinajstić information content (AvgIpc) is 3.23. The van der Waals surface area contributed by atoms with E-state index in [1.165, 1.54) is 6.08 Å². The third kappa shape index (κ3) is 5.19. The smallest absolute Gasteiger partial charge is 0.253 e. The molecule has 29 heavy (non-hydrogen) atoms. The van der Waals surface area contributed by atoms with Crippen molar-refractivity contribution in [3.8, 4) is 5.69 Å². The lowest BCUT2D eigenvalue weighted by Crippen LogP contribution is -2.30. The Morgan fingerprint density at radius 1 is 1.03 bits per heavy atom. The fourth-order valence-electron chi connectivity index (χ4n) is 2.89. The Labute approximate surface area is 170 Å². The van der Waals surface area contributed by atoms with Crippen LogP contribution in [0.2, 0.25) is 0 Å². The van der Waals surface area contributed by atoms with Crippen molar-refractivity contribution in [2.24, 2.45) is 0 Å². The second kappa shape index (κ2) is 9.50. The maximum Gasteiger partial charge on any atom is 0.253 e. The monoisotopic (exact) mass is 388 g/mol. The lowest BCUT2D eigenvalue weighted by molar-refractivity contribution is -0.111. The summed E-state index contributed by atoms with van der Waals surface area (Å²) in [6.45, 7) is 5.23. The number of hydrogen-bond acceptors (Lipinski definition) is 3. The molecule has 0 aliphatic rings. The fourth-order valence-corrected chi connectivity index (χ4v) is 2.89. The summed E-state index contributed by atoms with van der Waals surface area (Å²) in [5.41, 5.74) is 3.02. The van der Waals surface area contributed by atoms with Gasteiger partial charge in [-0.3, -0.25) is 9.59 Å². The molecule has 0 atom stereocenters. The highest BCUT2D eigenvalue weighted by atomic mass is 16.2. The number of hydrogen-bond donors (Lipinski definition) is 1. The fraction of sp³-hybridized carbons (Fsp3) is 0.174. The van der Waals surface area contributed by atoms with Crippen LogP contribution >= 0.6 is 0 Å². The van der Waals surface area contributed by atoms with Crippen molar-refractivity contribution in [3.05, 3.63) is 84.2 Å². The number of carbonyl (C=O) groups excluding carboxylic acids is 2. The molecule has 1 N–H and O–H groups in total. The molecule has 3 rings (SSSR count). The second-order valence-electron chi connectivity index (χ2n) is 6.43. The Hall–Kier alpha value is -3.67. The zero-order chi connectivity index (χ0) is 20.6. The van der Waals surface area contributed by atoms with E-state index in [1.54, 1.807) is 46.1 Å². The Balaban J connectivity index is 1.59. The normalized spacial score (nSPS) is 10.8. The van der Waals surface area contributed by atoms with Crippen LogP contribution in [-0.2, 0) is 4.79 Å². The highest BCUT2D eigenvalue weighted by Gasteiger charge is 2.12. The third-order valence-electron chi connectivity index (χ3n) is 4.50. The molecule has 0 aliphatic carbocycles. The molecule has 0 spiro atoms. The Kier molecular flexibility index (Phi) is 6.58. The van der Waals surface area contributed by atoms with Crippen molar-refractivity contribution in [2.75, 3.05) is 18.4 Å². The van der Waals surface area contributed by atoms with E-state index in [-0.39, 0.29) is 11.8 Å². The van der Waals surface area contributed by atoms with Gasteiger partial charge in [0.2, 0.25) is 5.91 Å².